The topological polar surface area (TPSA) is 41.6 Å². The first-order valence-corrected chi connectivity index (χ1v) is 7.50. The lowest BCUT2D eigenvalue weighted by Crippen LogP contribution is -2.45. The fourth-order valence-electron chi connectivity index (χ4n) is 3.18. The van der Waals surface area contributed by atoms with E-state index in [1.54, 1.807) is 0 Å². The lowest BCUT2D eigenvalue weighted by atomic mass is 10.2. The maximum absolute atomic E-state index is 12.5. The zero-order valence-corrected chi connectivity index (χ0v) is 12.0. The third-order valence-corrected chi connectivity index (χ3v) is 4.26. The molecule has 1 aliphatic heterocycles. The van der Waals surface area contributed by atoms with Crippen molar-refractivity contribution in [2.24, 2.45) is 0 Å². The van der Waals surface area contributed by atoms with Crippen molar-refractivity contribution in [1.29, 1.82) is 0 Å². The van der Waals surface area contributed by atoms with Gasteiger partial charge in [0, 0.05) is 18.8 Å². The van der Waals surface area contributed by atoms with E-state index in [4.69, 9.17) is 4.74 Å². The molecular formula is C16H22N2O2. The van der Waals surface area contributed by atoms with Gasteiger partial charge in [-0.2, -0.15) is 0 Å². The van der Waals surface area contributed by atoms with Crippen molar-refractivity contribution in [2.45, 2.75) is 44.8 Å². The lowest BCUT2D eigenvalue weighted by Gasteiger charge is -2.30. The molecule has 108 valence electrons. The molecule has 0 radical (unpaired) electrons. The van der Waals surface area contributed by atoms with Gasteiger partial charge in [-0.25, -0.2) is 4.79 Å². The Morgan fingerprint density at radius 1 is 1.25 bits per heavy atom. The maximum atomic E-state index is 12.5. The van der Waals surface area contributed by atoms with E-state index < -0.39 is 0 Å². The quantitative estimate of drug-likeness (QED) is 0.854. The molecule has 4 nitrogen and oxygen atoms in total. The molecule has 20 heavy (non-hydrogen) atoms. The largest absolute Gasteiger partial charge is 0.376 e. The maximum Gasteiger partial charge on any atom is 0.322 e. The Kier molecular flexibility index (Phi) is 3.92. The molecule has 2 fully saturated rings. The summed E-state index contributed by atoms with van der Waals surface area (Å²) in [5.74, 6) is 0. The highest BCUT2D eigenvalue weighted by atomic mass is 16.5. The highest BCUT2D eigenvalue weighted by Gasteiger charge is 2.36. The van der Waals surface area contributed by atoms with E-state index in [1.165, 1.54) is 5.56 Å². The van der Waals surface area contributed by atoms with E-state index in [2.05, 4.69) is 5.32 Å². The number of hydrogen-bond acceptors (Lipinski definition) is 2. The Bertz CT molecular complexity index is 472. The van der Waals surface area contributed by atoms with Gasteiger partial charge in [0.15, 0.2) is 0 Å². The molecular weight excluding hydrogens is 252 g/mol. The number of nitrogens with zero attached hydrogens (tertiary/aromatic N) is 1. The minimum atomic E-state index is 0.0104. The molecule has 0 spiro atoms. The summed E-state index contributed by atoms with van der Waals surface area (Å²) in [4.78, 5) is 14.5. The molecule has 2 atom stereocenters. The number of nitrogens with one attached hydrogen (secondary N) is 1. The standard InChI is InChI=1S/C16H22N2O2/c1-12-6-8-13(9-7-12)17-16(19)18-10-3-11-20-15-5-2-4-14(15)18/h6-9,14-15H,2-5,10-11H2,1H3,(H,17,19). The van der Waals surface area contributed by atoms with Crippen LogP contribution in [0.1, 0.15) is 31.2 Å². The third-order valence-electron chi connectivity index (χ3n) is 4.26. The highest BCUT2D eigenvalue weighted by molar-refractivity contribution is 5.89. The fourth-order valence-corrected chi connectivity index (χ4v) is 3.18. The Morgan fingerprint density at radius 2 is 2.05 bits per heavy atom. The summed E-state index contributed by atoms with van der Waals surface area (Å²) >= 11 is 0. The molecule has 1 aromatic carbocycles. The van der Waals surface area contributed by atoms with Gasteiger partial charge in [-0.15, -0.1) is 0 Å². The molecule has 0 aromatic heterocycles. The number of urea groups is 1. The second-order valence-corrected chi connectivity index (χ2v) is 5.75. The van der Waals surface area contributed by atoms with Crippen LogP contribution in [0.15, 0.2) is 24.3 Å². The van der Waals surface area contributed by atoms with Gasteiger partial charge in [0.25, 0.3) is 0 Å². The molecule has 1 heterocycles. The number of amides is 2. The van der Waals surface area contributed by atoms with Gasteiger partial charge in [0.05, 0.1) is 12.1 Å². The molecule has 2 amide bonds. The number of rotatable bonds is 1. The number of aryl methyl sites for hydroxylation is 1. The van der Waals surface area contributed by atoms with E-state index in [1.807, 2.05) is 36.1 Å². The summed E-state index contributed by atoms with van der Waals surface area (Å²) < 4.78 is 5.85. The van der Waals surface area contributed by atoms with Crippen molar-refractivity contribution in [3.05, 3.63) is 29.8 Å². The predicted molar refractivity (Wildman–Crippen MR) is 78.9 cm³/mol. The number of benzene rings is 1. The van der Waals surface area contributed by atoms with Gasteiger partial charge in [-0.05, 0) is 44.7 Å². The molecule has 1 saturated carbocycles. The van der Waals surface area contributed by atoms with E-state index in [0.717, 1.165) is 44.5 Å². The second-order valence-electron chi connectivity index (χ2n) is 5.75. The van der Waals surface area contributed by atoms with Crippen LogP contribution >= 0.6 is 0 Å². The minimum absolute atomic E-state index is 0.0104. The Balaban J connectivity index is 1.70. The number of anilines is 1. The Morgan fingerprint density at radius 3 is 2.85 bits per heavy atom. The average Bonchev–Trinajstić information content (AvgIpc) is 2.81. The molecule has 2 aliphatic rings. The van der Waals surface area contributed by atoms with Gasteiger partial charge in [0.1, 0.15) is 0 Å². The van der Waals surface area contributed by atoms with Gasteiger partial charge in [0.2, 0.25) is 0 Å². The summed E-state index contributed by atoms with van der Waals surface area (Å²) in [5.41, 5.74) is 2.06. The monoisotopic (exact) mass is 274 g/mol. The Hall–Kier alpha value is -1.55. The minimum Gasteiger partial charge on any atom is -0.376 e. The SMILES string of the molecule is Cc1ccc(NC(=O)N2CCCOC3CCCC32)cc1. The zero-order valence-electron chi connectivity index (χ0n) is 12.0. The fraction of sp³-hybridized carbons (Fsp3) is 0.562. The lowest BCUT2D eigenvalue weighted by molar-refractivity contribution is 0.0413. The summed E-state index contributed by atoms with van der Waals surface area (Å²) in [6, 6.07) is 8.19. The van der Waals surface area contributed by atoms with E-state index >= 15 is 0 Å². The van der Waals surface area contributed by atoms with Crippen LogP contribution in [0.4, 0.5) is 10.5 Å². The summed E-state index contributed by atoms with van der Waals surface area (Å²) in [6.07, 6.45) is 4.46. The number of ether oxygens (including phenoxy) is 1. The normalized spacial score (nSPS) is 25.9. The first kappa shape index (κ1) is 13.4. The molecule has 1 aliphatic carbocycles. The number of carbonyl (C=O) groups is 1. The van der Waals surface area contributed by atoms with Crippen LogP contribution in [0.2, 0.25) is 0 Å². The smallest absolute Gasteiger partial charge is 0.322 e. The molecule has 1 N–H and O–H groups in total. The van der Waals surface area contributed by atoms with Gasteiger partial charge >= 0.3 is 6.03 Å². The molecule has 2 unspecified atom stereocenters. The van der Waals surface area contributed by atoms with Gasteiger partial charge in [-0.3, -0.25) is 0 Å². The van der Waals surface area contributed by atoms with Crippen LogP contribution in [-0.4, -0.2) is 36.2 Å². The van der Waals surface area contributed by atoms with Crippen molar-refractivity contribution < 1.29 is 9.53 Å². The van der Waals surface area contributed by atoms with Crippen molar-refractivity contribution in [3.63, 3.8) is 0 Å². The van der Waals surface area contributed by atoms with Crippen LogP contribution in [0.25, 0.3) is 0 Å². The van der Waals surface area contributed by atoms with Crippen LogP contribution in [-0.2, 0) is 4.74 Å². The summed E-state index contributed by atoms with van der Waals surface area (Å²) in [7, 11) is 0. The first-order valence-electron chi connectivity index (χ1n) is 7.50. The number of fused-ring (bicyclic) bond motifs is 1. The van der Waals surface area contributed by atoms with E-state index in [9.17, 15) is 4.79 Å². The molecule has 3 rings (SSSR count). The van der Waals surface area contributed by atoms with Gasteiger partial charge < -0.3 is 15.0 Å². The molecule has 1 saturated heterocycles. The summed E-state index contributed by atoms with van der Waals surface area (Å²) in [6.45, 7) is 3.61. The van der Waals surface area contributed by atoms with Crippen molar-refractivity contribution in [1.82, 2.24) is 4.90 Å². The third kappa shape index (κ3) is 2.80. The Labute approximate surface area is 120 Å². The van der Waals surface area contributed by atoms with Crippen molar-refractivity contribution >= 4 is 11.7 Å². The summed E-state index contributed by atoms with van der Waals surface area (Å²) in [5, 5.41) is 3.01. The van der Waals surface area contributed by atoms with E-state index in [0.29, 0.717) is 0 Å². The van der Waals surface area contributed by atoms with Crippen LogP contribution in [0, 0.1) is 6.92 Å². The van der Waals surface area contributed by atoms with Crippen LogP contribution in [0.3, 0.4) is 0 Å². The zero-order chi connectivity index (χ0) is 13.9. The van der Waals surface area contributed by atoms with Crippen LogP contribution in [0.5, 0.6) is 0 Å². The predicted octanol–water partition coefficient (Wildman–Crippen LogP) is 3.17. The van der Waals surface area contributed by atoms with Gasteiger partial charge in [-0.1, -0.05) is 17.7 Å². The van der Waals surface area contributed by atoms with Crippen molar-refractivity contribution in [2.75, 3.05) is 18.5 Å². The van der Waals surface area contributed by atoms with Crippen LogP contribution < -0.4 is 5.32 Å². The highest BCUT2D eigenvalue weighted by Crippen LogP contribution is 2.29. The molecule has 0 bridgehead atoms. The first-order chi connectivity index (χ1) is 9.74. The van der Waals surface area contributed by atoms with E-state index in [-0.39, 0.29) is 18.2 Å². The molecule has 1 aromatic rings. The number of carbonyl (C=O) groups excluding carboxylic acids is 1. The average molecular weight is 274 g/mol. The number of hydrogen-bond donors (Lipinski definition) is 1. The van der Waals surface area contributed by atoms with Crippen molar-refractivity contribution in [3.8, 4) is 0 Å². The second kappa shape index (κ2) is 5.83. The molecule has 4 heteroatoms.